The summed E-state index contributed by atoms with van der Waals surface area (Å²) < 4.78 is 0. The molecular formula is C19H25P. The van der Waals surface area contributed by atoms with Crippen molar-refractivity contribution in [3.8, 4) is 0 Å². The number of hydrogen-bond donors (Lipinski definition) is 0. The van der Waals surface area contributed by atoms with E-state index in [4.69, 9.17) is 0 Å². The summed E-state index contributed by atoms with van der Waals surface area (Å²) in [7, 11) is -0.319. The normalized spacial score (nSPS) is 11.9. The Morgan fingerprint density at radius 1 is 0.750 bits per heavy atom. The Kier molecular flexibility index (Phi) is 4.66. The molecule has 2 rings (SSSR count). The molecule has 0 saturated heterocycles. The van der Waals surface area contributed by atoms with Crippen LogP contribution in [0.5, 0.6) is 0 Å². The molecule has 0 nitrogen and oxygen atoms in total. The molecule has 0 unspecified atom stereocenters. The summed E-state index contributed by atoms with van der Waals surface area (Å²) in [6.07, 6.45) is 1.19. The Morgan fingerprint density at radius 3 is 1.40 bits per heavy atom. The van der Waals surface area contributed by atoms with Gasteiger partial charge in [-0.05, 0) is 44.0 Å². The van der Waals surface area contributed by atoms with Gasteiger partial charge in [0.25, 0.3) is 0 Å². The molecule has 1 heteroatoms. The lowest BCUT2D eigenvalue weighted by molar-refractivity contribution is 0.676. The third-order valence-electron chi connectivity index (χ3n) is 4.05. The van der Waals surface area contributed by atoms with Gasteiger partial charge in [-0.25, -0.2) is 0 Å². The van der Waals surface area contributed by atoms with E-state index < -0.39 is 0 Å². The molecule has 0 aliphatic heterocycles. The Morgan fingerprint density at radius 2 is 1.10 bits per heavy atom. The molecule has 106 valence electrons. The molecule has 0 amide bonds. The van der Waals surface area contributed by atoms with Gasteiger partial charge in [0, 0.05) is 0 Å². The highest BCUT2D eigenvalue weighted by Gasteiger charge is 2.30. The van der Waals surface area contributed by atoms with Crippen LogP contribution in [0.3, 0.4) is 0 Å². The summed E-state index contributed by atoms with van der Waals surface area (Å²) in [5, 5.41) is 3.29. The van der Waals surface area contributed by atoms with E-state index in [9.17, 15) is 0 Å². The zero-order chi connectivity index (χ0) is 14.8. The van der Waals surface area contributed by atoms with E-state index >= 15 is 0 Å². The second kappa shape index (κ2) is 6.10. The van der Waals surface area contributed by atoms with Crippen LogP contribution in [0, 0.1) is 13.8 Å². The fraction of sp³-hybridized carbons (Fsp3) is 0.368. The lowest BCUT2D eigenvalue weighted by Crippen LogP contribution is -2.28. The van der Waals surface area contributed by atoms with E-state index in [0.717, 1.165) is 0 Å². The van der Waals surface area contributed by atoms with Crippen molar-refractivity contribution < 1.29 is 0 Å². The number of hydrogen-bond acceptors (Lipinski definition) is 0. The van der Waals surface area contributed by atoms with E-state index in [2.05, 4.69) is 83.1 Å². The molecular weight excluding hydrogens is 259 g/mol. The summed E-state index contributed by atoms with van der Waals surface area (Å²) in [5.41, 5.74) is 2.67. The summed E-state index contributed by atoms with van der Waals surface area (Å²) >= 11 is 0. The van der Waals surface area contributed by atoms with Crippen LogP contribution in [0.2, 0.25) is 0 Å². The van der Waals surface area contributed by atoms with Crippen LogP contribution in [0.25, 0.3) is 0 Å². The van der Waals surface area contributed by atoms with Crippen molar-refractivity contribution in [2.45, 2.75) is 46.2 Å². The molecule has 0 aromatic heterocycles. The first-order valence-corrected chi connectivity index (χ1v) is 8.72. The van der Waals surface area contributed by atoms with Crippen molar-refractivity contribution >= 4 is 18.5 Å². The van der Waals surface area contributed by atoms with Crippen molar-refractivity contribution in [3.63, 3.8) is 0 Å². The molecule has 2 aromatic rings. The molecule has 0 atom stereocenters. The molecule has 2 aromatic carbocycles. The zero-order valence-corrected chi connectivity index (χ0v) is 14.2. The highest BCUT2D eigenvalue weighted by molar-refractivity contribution is 7.74. The predicted molar refractivity (Wildman–Crippen MR) is 92.9 cm³/mol. The molecule has 0 aliphatic rings. The van der Waals surface area contributed by atoms with Gasteiger partial charge in [-0.1, -0.05) is 80.4 Å². The standard InChI is InChI=1S/C19H25P/c1-6-19(4,5)20(17-11-7-15(2)8-12-17)18-13-9-16(3)10-14-18/h7-14H,6H2,1-5H3. The largest absolute Gasteiger partial charge is 0.0645 e. The molecule has 0 bridgehead atoms. The second-order valence-electron chi connectivity index (χ2n) is 6.17. The first-order valence-electron chi connectivity index (χ1n) is 7.37. The summed E-state index contributed by atoms with van der Waals surface area (Å²) in [6, 6.07) is 18.2. The van der Waals surface area contributed by atoms with E-state index in [1.807, 2.05) is 0 Å². The SMILES string of the molecule is CCC(C)(C)P(c1ccc(C)cc1)c1ccc(C)cc1. The maximum Gasteiger partial charge on any atom is -0.00735 e. The number of aryl methyl sites for hydroxylation is 2. The van der Waals surface area contributed by atoms with Crippen LogP contribution >= 0.6 is 7.92 Å². The maximum atomic E-state index is 2.40. The molecule has 0 heterocycles. The monoisotopic (exact) mass is 284 g/mol. The molecule has 0 fully saturated rings. The minimum Gasteiger partial charge on any atom is -0.0645 e. The lowest BCUT2D eigenvalue weighted by atomic mass is 10.1. The Balaban J connectivity index is 2.50. The van der Waals surface area contributed by atoms with Crippen LogP contribution in [-0.4, -0.2) is 5.16 Å². The quantitative estimate of drug-likeness (QED) is 0.699. The van der Waals surface area contributed by atoms with Crippen molar-refractivity contribution in [1.29, 1.82) is 0 Å². The number of rotatable bonds is 4. The van der Waals surface area contributed by atoms with Crippen molar-refractivity contribution in [3.05, 3.63) is 59.7 Å². The average Bonchev–Trinajstić information content (AvgIpc) is 2.43. The molecule has 0 radical (unpaired) electrons. The third-order valence-corrected chi connectivity index (χ3v) is 7.21. The highest BCUT2D eigenvalue weighted by atomic mass is 31.1. The lowest BCUT2D eigenvalue weighted by Gasteiger charge is -2.35. The summed E-state index contributed by atoms with van der Waals surface area (Å²) in [5.74, 6) is 0. The number of benzene rings is 2. The van der Waals surface area contributed by atoms with Crippen molar-refractivity contribution in [1.82, 2.24) is 0 Å². The van der Waals surface area contributed by atoms with Crippen LogP contribution in [-0.2, 0) is 0 Å². The van der Waals surface area contributed by atoms with Gasteiger partial charge in [0.2, 0.25) is 0 Å². The average molecular weight is 284 g/mol. The van der Waals surface area contributed by atoms with E-state index in [1.165, 1.54) is 28.2 Å². The second-order valence-corrected chi connectivity index (χ2v) is 9.09. The topological polar surface area (TPSA) is 0 Å². The van der Waals surface area contributed by atoms with E-state index in [1.54, 1.807) is 0 Å². The summed E-state index contributed by atoms with van der Waals surface area (Å²) in [4.78, 5) is 0. The van der Waals surface area contributed by atoms with Crippen molar-refractivity contribution in [2.24, 2.45) is 0 Å². The van der Waals surface area contributed by atoms with Gasteiger partial charge >= 0.3 is 0 Å². The minimum absolute atomic E-state index is 0.319. The van der Waals surface area contributed by atoms with E-state index in [0.29, 0.717) is 5.16 Å². The van der Waals surface area contributed by atoms with Gasteiger partial charge in [-0.3, -0.25) is 0 Å². The fourth-order valence-corrected chi connectivity index (χ4v) is 5.30. The predicted octanol–water partition coefficient (Wildman–Crippen LogP) is 4.92. The first kappa shape index (κ1) is 15.3. The maximum absolute atomic E-state index is 2.40. The Labute approximate surface area is 125 Å². The highest BCUT2D eigenvalue weighted by Crippen LogP contribution is 2.49. The van der Waals surface area contributed by atoms with Gasteiger partial charge in [-0.15, -0.1) is 0 Å². The molecule has 0 spiro atoms. The minimum atomic E-state index is -0.319. The van der Waals surface area contributed by atoms with E-state index in [-0.39, 0.29) is 7.92 Å². The first-order chi connectivity index (χ1) is 9.44. The Hall–Kier alpha value is -1.13. The molecule has 0 aliphatic carbocycles. The van der Waals surface area contributed by atoms with Crippen LogP contribution < -0.4 is 10.6 Å². The smallest absolute Gasteiger partial charge is 0.00735 e. The van der Waals surface area contributed by atoms with Gasteiger partial charge in [-0.2, -0.15) is 0 Å². The fourth-order valence-electron chi connectivity index (χ4n) is 2.39. The van der Waals surface area contributed by atoms with Crippen LogP contribution in [0.4, 0.5) is 0 Å². The van der Waals surface area contributed by atoms with Gasteiger partial charge in [0.15, 0.2) is 0 Å². The van der Waals surface area contributed by atoms with Gasteiger partial charge < -0.3 is 0 Å². The third kappa shape index (κ3) is 3.30. The van der Waals surface area contributed by atoms with Gasteiger partial charge in [0.1, 0.15) is 0 Å². The van der Waals surface area contributed by atoms with Crippen LogP contribution in [0.1, 0.15) is 38.3 Å². The molecule has 0 N–H and O–H groups in total. The molecule has 20 heavy (non-hydrogen) atoms. The Bertz CT molecular complexity index is 504. The molecule has 0 saturated carbocycles. The van der Waals surface area contributed by atoms with Crippen molar-refractivity contribution in [2.75, 3.05) is 0 Å². The zero-order valence-electron chi connectivity index (χ0n) is 13.3. The van der Waals surface area contributed by atoms with Gasteiger partial charge in [0.05, 0.1) is 0 Å². The van der Waals surface area contributed by atoms with Crippen LogP contribution in [0.15, 0.2) is 48.5 Å². The summed E-state index contributed by atoms with van der Waals surface area (Å²) in [6.45, 7) is 11.4.